The predicted molar refractivity (Wildman–Crippen MR) is 109 cm³/mol. The SMILES string of the molecule is CC(=O)Nc1ccc(C(=O)CSc2nnc(CNc3ccc(Cl)cc3)o2)cc1. The second-order valence-corrected chi connectivity index (χ2v) is 7.16. The number of thioether (sulfide) groups is 1. The lowest BCUT2D eigenvalue weighted by Crippen LogP contribution is -2.07. The minimum absolute atomic E-state index is 0.0709. The number of ketones is 1. The number of aromatic nitrogens is 2. The summed E-state index contributed by atoms with van der Waals surface area (Å²) in [6.45, 7) is 1.80. The van der Waals surface area contributed by atoms with Crippen LogP contribution >= 0.6 is 23.4 Å². The standard InChI is InChI=1S/C19H17ClN4O3S/c1-12(25)22-16-6-2-13(3-7-16)17(26)11-28-19-24-23-18(27-19)10-21-15-8-4-14(20)5-9-15/h2-9,21H,10-11H2,1H3,(H,22,25). The summed E-state index contributed by atoms with van der Waals surface area (Å²) in [7, 11) is 0. The van der Waals surface area contributed by atoms with E-state index in [1.807, 2.05) is 12.1 Å². The van der Waals surface area contributed by atoms with Gasteiger partial charge < -0.3 is 15.1 Å². The highest BCUT2D eigenvalue weighted by molar-refractivity contribution is 7.99. The average Bonchev–Trinajstić information content (AvgIpc) is 3.14. The van der Waals surface area contributed by atoms with Gasteiger partial charge in [0.15, 0.2) is 5.78 Å². The summed E-state index contributed by atoms with van der Waals surface area (Å²) in [4.78, 5) is 23.3. The van der Waals surface area contributed by atoms with Crippen molar-refractivity contribution in [3.8, 4) is 0 Å². The van der Waals surface area contributed by atoms with E-state index in [0.29, 0.717) is 33.9 Å². The normalized spacial score (nSPS) is 10.5. The van der Waals surface area contributed by atoms with E-state index in [2.05, 4.69) is 20.8 Å². The first-order valence-corrected chi connectivity index (χ1v) is 9.71. The first kappa shape index (κ1) is 19.9. The van der Waals surface area contributed by atoms with Gasteiger partial charge in [-0.15, -0.1) is 10.2 Å². The van der Waals surface area contributed by atoms with Gasteiger partial charge in [0.25, 0.3) is 5.22 Å². The van der Waals surface area contributed by atoms with Crippen molar-refractivity contribution in [2.24, 2.45) is 0 Å². The number of rotatable bonds is 8. The van der Waals surface area contributed by atoms with Crippen molar-refractivity contribution < 1.29 is 14.0 Å². The van der Waals surface area contributed by atoms with E-state index in [-0.39, 0.29) is 17.4 Å². The van der Waals surface area contributed by atoms with E-state index >= 15 is 0 Å². The Morgan fingerprint density at radius 1 is 1.04 bits per heavy atom. The van der Waals surface area contributed by atoms with Crippen LogP contribution < -0.4 is 10.6 Å². The van der Waals surface area contributed by atoms with Gasteiger partial charge >= 0.3 is 0 Å². The summed E-state index contributed by atoms with van der Waals surface area (Å²) in [6, 6.07) is 14.0. The molecule has 0 aliphatic carbocycles. The number of nitrogens with zero attached hydrogens (tertiary/aromatic N) is 2. The van der Waals surface area contributed by atoms with E-state index in [1.165, 1.54) is 18.7 Å². The topological polar surface area (TPSA) is 97.1 Å². The van der Waals surface area contributed by atoms with Crippen LogP contribution in [-0.2, 0) is 11.3 Å². The molecule has 9 heteroatoms. The zero-order chi connectivity index (χ0) is 19.9. The van der Waals surface area contributed by atoms with Crippen molar-refractivity contribution in [3.63, 3.8) is 0 Å². The molecule has 144 valence electrons. The Bertz CT molecular complexity index is 958. The number of benzene rings is 2. The maximum Gasteiger partial charge on any atom is 0.277 e. The van der Waals surface area contributed by atoms with Gasteiger partial charge in [-0.2, -0.15) is 0 Å². The minimum atomic E-state index is -0.160. The summed E-state index contributed by atoms with van der Waals surface area (Å²) in [5.41, 5.74) is 2.08. The number of hydrogen-bond acceptors (Lipinski definition) is 7. The molecule has 0 bridgehead atoms. The van der Waals surface area contributed by atoms with Crippen molar-refractivity contribution in [2.45, 2.75) is 18.7 Å². The molecule has 1 amide bonds. The number of hydrogen-bond donors (Lipinski definition) is 2. The third kappa shape index (κ3) is 5.83. The number of anilines is 2. The van der Waals surface area contributed by atoms with E-state index in [9.17, 15) is 9.59 Å². The van der Waals surface area contributed by atoms with Crippen LogP contribution in [0.25, 0.3) is 0 Å². The molecule has 7 nitrogen and oxygen atoms in total. The fourth-order valence-electron chi connectivity index (χ4n) is 2.27. The fourth-order valence-corrected chi connectivity index (χ4v) is 3.07. The number of carbonyl (C=O) groups excluding carboxylic acids is 2. The van der Waals surface area contributed by atoms with Gasteiger partial charge in [-0.05, 0) is 48.5 Å². The quantitative estimate of drug-likeness (QED) is 0.418. The Balaban J connectivity index is 1.48. The second-order valence-electron chi connectivity index (χ2n) is 5.79. The van der Waals surface area contributed by atoms with Crippen molar-refractivity contribution in [1.82, 2.24) is 10.2 Å². The smallest absolute Gasteiger partial charge is 0.277 e. The highest BCUT2D eigenvalue weighted by atomic mass is 35.5. The Kier molecular flexibility index (Phi) is 6.67. The number of halogens is 1. The van der Waals surface area contributed by atoms with Gasteiger partial charge in [0.05, 0.1) is 12.3 Å². The summed E-state index contributed by atoms with van der Waals surface area (Å²) < 4.78 is 5.53. The molecule has 0 spiro atoms. The van der Waals surface area contributed by atoms with Crippen molar-refractivity contribution in [3.05, 3.63) is 65.0 Å². The molecule has 0 aliphatic heterocycles. The molecule has 0 unspecified atom stereocenters. The number of Topliss-reactive ketones (excluding diaryl/α,β-unsaturated/α-hetero) is 1. The minimum Gasteiger partial charge on any atom is -0.414 e. The molecule has 0 atom stereocenters. The van der Waals surface area contributed by atoms with Crippen LogP contribution in [0.15, 0.2) is 58.2 Å². The molecule has 3 aromatic rings. The van der Waals surface area contributed by atoms with Gasteiger partial charge in [-0.3, -0.25) is 9.59 Å². The predicted octanol–water partition coefficient (Wildman–Crippen LogP) is 4.27. The number of carbonyl (C=O) groups is 2. The molecule has 0 saturated carbocycles. The summed E-state index contributed by atoms with van der Waals surface area (Å²) in [5.74, 6) is 0.362. The van der Waals surface area contributed by atoms with E-state index < -0.39 is 0 Å². The molecule has 28 heavy (non-hydrogen) atoms. The summed E-state index contributed by atoms with van der Waals surface area (Å²) >= 11 is 7.03. The molecule has 3 rings (SSSR count). The molecular weight excluding hydrogens is 400 g/mol. The maximum absolute atomic E-state index is 12.3. The molecule has 0 aliphatic rings. The molecule has 0 saturated heterocycles. The van der Waals surface area contributed by atoms with Crippen LogP contribution in [0.2, 0.25) is 5.02 Å². The summed E-state index contributed by atoms with van der Waals surface area (Å²) in [5, 5.41) is 14.7. The maximum atomic E-state index is 12.3. The average molecular weight is 417 g/mol. The number of nitrogens with one attached hydrogen (secondary N) is 2. The van der Waals surface area contributed by atoms with Crippen LogP contribution in [0, 0.1) is 0 Å². The van der Waals surface area contributed by atoms with Gasteiger partial charge in [-0.25, -0.2) is 0 Å². The van der Waals surface area contributed by atoms with Crippen LogP contribution in [0.4, 0.5) is 11.4 Å². The first-order valence-electron chi connectivity index (χ1n) is 8.35. The van der Waals surface area contributed by atoms with Crippen LogP contribution in [-0.4, -0.2) is 27.6 Å². The highest BCUT2D eigenvalue weighted by Gasteiger charge is 2.11. The van der Waals surface area contributed by atoms with Crippen LogP contribution in [0.5, 0.6) is 0 Å². The molecule has 1 aromatic heterocycles. The zero-order valence-electron chi connectivity index (χ0n) is 14.9. The lowest BCUT2D eigenvalue weighted by atomic mass is 10.1. The third-order valence-electron chi connectivity index (χ3n) is 3.59. The second kappa shape index (κ2) is 9.38. The molecule has 0 fully saturated rings. The van der Waals surface area contributed by atoms with Crippen LogP contribution in [0.3, 0.4) is 0 Å². The molecular formula is C19H17ClN4O3S. The van der Waals surface area contributed by atoms with E-state index in [0.717, 1.165) is 5.69 Å². The Labute approximate surface area is 170 Å². The van der Waals surface area contributed by atoms with Crippen molar-refractivity contribution in [2.75, 3.05) is 16.4 Å². The lowest BCUT2D eigenvalue weighted by Gasteiger charge is -2.03. The van der Waals surface area contributed by atoms with Gasteiger partial charge in [-0.1, -0.05) is 23.4 Å². The first-order chi connectivity index (χ1) is 13.5. The third-order valence-corrected chi connectivity index (χ3v) is 4.66. The molecule has 1 heterocycles. The molecule has 0 radical (unpaired) electrons. The largest absolute Gasteiger partial charge is 0.414 e. The van der Waals surface area contributed by atoms with E-state index in [4.69, 9.17) is 16.0 Å². The van der Waals surface area contributed by atoms with Gasteiger partial charge in [0.2, 0.25) is 11.8 Å². The zero-order valence-corrected chi connectivity index (χ0v) is 16.5. The number of amides is 1. The molecule has 2 N–H and O–H groups in total. The van der Waals surface area contributed by atoms with Crippen molar-refractivity contribution in [1.29, 1.82) is 0 Å². The van der Waals surface area contributed by atoms with Gasteiger partial charge in [0.1, 0.15) is 0 Å². The Morgan fingerprint density at radius 2 is 1.71 bits per heavy atom. The fraction of sp³-hybridized carbons (Fsp3) is 0.158. The monoisotopic (exact) mass is 416 g/mol. The van der Waals surface area contributed by atoms with Crippen molar-refractivity contribution >= 4 is 46.4 Å². The molecule has 2 aromatic carbocycles. The highest BCUT2D eigenvalue weighted by Crippen LogP contribution is 2.20. The van der Waals surface area contributed by atoms with E-state index in [1.54, 1.807) is 36.4 Å². The van der Waals surface area contributed by atoms with Crippen LogP contribution in [0.1, 0.15) is 23.2 Å². The Hall–Kier alpha value is -2.84. The summed E-state index contributed by atoms with van der Waals surface area (Å²) in [6.07, 6.45) is 0. The lowest BCUT2D eigenvalue weighted by molar-refractivity contribution is -0.114. The Morgan fingerprint density at radius 3 is 2.39 bits per heavy atom. The van der Waals surface area contributed by atoms with Gasteiger partial charge in [0, 0.05) is 28.9 Å².